The monoisotopic (exact) mass is 388 g/mol. The van der Waals surface area contributed by atoms with Gasteiger partial charge in [0, 0.05) is 15.5 Å². The van der Waals surface area contributed by atoms with Crippen LogP contribution in [0.5, 0.6) is 5.88 Å². The van der Waals surface area contributed by atoms with Gasteiger partial charge >= 0.3 is 0 Å². The highest BCUT2D eigenvalue weighted by atomic mass is 79.9. The lowest BCUT2D eigenvalue weighted by atomic mass is 10.2. The Hall–Kier alpha value is -2.25. The van der Waals surface area contributed by atoms with Gasteiger partial charge in [0.1, 0.15) is 0 Å². The van der Waals surface area contributed by atoms with E-state index in [9.17, 15) is 5.11 Å². The first-order chi connectivity index (χ1) is 11.0. The van der Waals surface area contributed by atoms with Crippen molar-refractivity contribution in [2.45, 2.75) is 6.92 Å². The molecular formula is C16H13BrN4OS. The summed E-state index contributed by atoms with van der Waals surface area (Å²) in [5.41, 5.74) is 3.07. The average Bonchev–Trinajstić information content (AvgIpc) is 2.82. The highest BCUT2D eigenvalue weighted by Crippen LogP contribution is 2.35. The lowest BCUT2D eigenvalue weighted by Crippen LogP contribution is -2.04. The van der Waals surface area contributed by atoms with E-state index < -0.39 is 0 Å². The lowest BCUT2D eigenvalue weighted by molar-refractivity contribution is 0.459. The number of rotatable bonds is 2. The number of aromatic hydroxyl groups is 1. The Morgan fingerprint density at radius 3 is 2.70 bits per heavy atom. The predicted octanol–water partition coefficient (Wildman–Crippen LogP) is 5.43. The van der Waals surface area contributed by atoms with Gasteiger partial charge in [-0.05, 0) is 55.5 Å². The molecule has 1 aromatic heterocycles. The lowest BCUT2D eigenvalue weighted by Gasteiger charge is -2.02. The molecule has 2 aromatic carbocycles. The largest absolute Gasteiger partial charge is 0.493 e. The summed E-state index contributed by atoms with van der Waals surface area (Å²) in [5, 5.41) is 22.0. The van der Waals surface area contributed by atoms with E-state index >= 15 is 0 Å². The fourth-order valence-electron chi connectivity index (χ4n) is 2.16. The average molecular weight is 389 g/mol. The van der Waals surface area contributed by atoms with Crippen LogP contribution in [0.4, 0.5) is 11.4 Å². The third-order valence-electron chi connectivity index (χ3n) is 3.24. The number of H-pyrrole nitrogens is 1. The molecular weight excluding hydrogens is 376 g/mol. The summed E-state index contributed by atoms with van der Waals surface area (Å²) in [6.45, 7) is 1.98. The van der Waals surface area contributed by atoms with Gasteiger partial charge in [-0.25, -0.2) is 0 Å². The summed E-state index contributed by atoms with van der Waals surface area (Å²) in [7, 11) is 0. The number of azo groups is 1. The molecule has 0 aliphatic carbocycles. The number of hydrogen-bond acceptors (Lipinski definition) is 3. The number of fused-ring (bicyclic) bond motifs is 1. The standard InChI is InChI=1S/C16H13BrN4OS/c1-9-2-7-13-12(8-9)14(15(22)19-13)20-21-16(23)18-11-5-3-10(17)4-6-11/h2-8,19,22H,1H3,(H,18,23). The number of benzene rings is 2. The predicted molar refractivity (Wildman–Crippen MR) is 99.6 cm³/mol. The summed E-state index contributed by atoms with van der Waals surface area (Å²) in [4.78, 5) is 2.87. The minimum Gasteiger partial charge on any atom is -0.493 e. The van der Waals surface area contributed by atoms with E-state index in [2.05, 4.69) is 36.5 Å². The SMILES string of the molecule is Cc1ccc2[nH]c(O)c(N=NC(=S)Nc3ccc(Br)cc3)c2c1. The van der Waals surface area contributed by atoms with Gasteiger partial charge in [-0.15, -0.1) is 10.2 Å². The molecule has 0 saturated heterocycles. The fourth-order valence-corrected chi connectivity index (χ4v) is 2.58. The normalized spacial score (nSPS) is 11.2. The van der Waals surface area contributed by atoms with E-state index in [-0.39, 0.29) is 11.0 Å². The quantitative estimate of drug-likeness (QED) is 0.405. The molecule has 0 atom stereocenters. The number of nitrogens with zero attached hydrogens (tertiary/aromatic N) is 2. The van der Waals surface area contributed by atoms with Crippen LogP contribution in [-0.4, -0.2) is 15.2 Å². The van der Waals surface area contributed by atoms with E-state index in [1.165, 1.54) is 0 Å². The number of halogens is 1. The molecule has 0 aliphatic heterocycles. The number of anilines is 1. The van der Waals surface area contributed by atoms with E-state index in [0.29, 0.717) is 5.69 Å². The van der Waals surface area contributed by atoms with E-state index in [1.807, 2.05) is 49.4 Å². The van der Waals surface area contributed by atoms with Gasteiger partial charge in [0.2, 0.25) is 11.0 Å². The van der Waals surface area contributed by atoms with Gasteiger partial charge in [-0.2, -0.15) is 0 Å². The van der Waals surface area contributed by atoms with Crippen LogP contribution in [0, 0.1) is 6.92 Å². The molecule has 3 N–H and O–H groups in total. The van der Waals surface area contributed by atoms with Crippen LogP contribution in [0.3, 0.4) is 0 Å². The second-order valence-corrected chi connectivity index (χ2v) is 6.31. The van der Waals surface area contributed by atoms with Crippen molar-refractivity contribution in [3.05, 3.63) is 52.5 Å². The van der Waals surface area contributed by atoms with Gasteiger partial charge in [-0.1, -0.05) is 27.6 Å². The molecule has 0 bridgehead atoms. The molecule has 1 heterocycles. The minimum atomic E-state index is -0.0270. The van der Waals surface area contributed by atoms with Crippen molar-refractivity contribution in [3.63, 3.8) is 0 Å². The Morgan fingerprint density at radius 2 is 1.96 bits per heavy atom. The second-order valence-electron chi connectivity index (χ2n) is 5.01. The molecule has 5 nitrogen and oxygen atoms in total. The maximum Gasteiger partial charge on any atom is 0.218 e. The van der Waals surface area contributed by atoms with Crippen molar-refractivity contribution in [2.75, 3.05) is 5.32 Å². The Labute approximate surface area is 146 Å². The molecule has 0 fully saturated rings. The molecule has 0 spiro atoms. The third-order valence-corrected chi connectivity index (χ3v) is 3.96. The van der Waals surface area contributed by atoms with Crippen molar-refractivity contribution in [1.29, 1.82) is 0 Å². The van der Waals surface area contributed by atoms with Gasteiger partial charge in [0.15, 0.2) is 5.69 Å². The van der Waals surface area contributed by atoms with Crippen LogP contribution in [0.1, 0.15) is 5.56 Å². The zero-order chi connectivity index (χ0) is 16.4. The summed E-state index contributed by atoms with van der Waals surface area (Å²) in [5.74, 6) is -0.0270. The van der Waals surface area contributed by atoms with Crippen LogP contribution in [-0.2, 0) is 0 Å². The highest BCUT2D eigenvalue weighted by Gasteiger charge is 2.10. The topological polar surface area (TPSA) is 72.8 Å². The van der Waals surface area contributed by atoms with Gasteiger partial charge in [-0.3, -0.25) is 0 Å². The Kier molecular flexibility index (Phi) is 4.40. The maximum atomic E-state index is 9.98. The number of aromatic nitrogens is 1. The minimum absolute atomic E-state index is 0.0270. The second kappa shape index (κ2) is 6.47. The molecule has 7 heteroatoms. The van der Waals surface area contributed by atoms with Crippen LogP contribution in [0.2, 0.25) is 0 Å². The maximum absolute atomic E-state index is 9.98. The Morgan fingerprint density at radius 1 is 1.22 bits per heavy atom. The van der Waals surface area contributed by atoms with Crippen LogP contribution in [0.15, 0.2) is 57.2 Å². The first-order valence-corrected chi connectivity index (χ1v) is 8.02. The zero-order valence-corrected chi connectivity index (χ0v) is 14.6. The number of aryl methyl sites for hydroxylation is 1. The molecule has 0 amide bonds. The summed E-state index contributed by atoms with van der Waals surface area (Å²) in [6, 6.07) is 13.3. The number of aromatic amines is 1. The highest BCUT2D eigenvalue weighted by molar-refractivity contribution is 9.10. The first kappa shape index (κ1) is 15.6. The van der Waals surface area contributed by atoms with Crippen molar-refractivity contribution in [1.82, 2.24) is 4.98 Å². The Balaban J connectivity index is 1.82. The van der Waals surface area contributed by atoms with Gasteiger partial charge < -0.3 is 15.4 Å². The van der Waals surface area contributed by atoms with E-state index in [0.717, 1.165) is 26.6 Å². The number of thiocarbonyl (C=S) groups is 1. The molecule has 0 unspecified atom stereocenters. The Bertz CT molecular complexity index is 902. The van der Waals surface area contributed by atoms with Crippen molar-refractivity contribution in [3.8, 4) is 5.88 Å². The number of hydrogen-bond donors (Lipinski definition) is 3. The van der Waals surface area contributed by atoms with Crippen LogP contribution >= 0.6 is 28.1 Å². The van der Waals surface area contributed by atoms with Crippen molar-refractivity contribution < 1.29 is 5.11 Å². The van der Waals surface area contributed by atoms with Crippen LogP contribution in [0.25, 0.3) is 10.9 Å². The molecule has 0 aliphatic rings. The van der Waals surface area contributed by atoms with Crippen LogP contribution < -0.4 is 5.32 Å². The van der Waals surface area contributed by atoms with E-state index in [4.69, 9.17) is 12.2 Å². The van der Waals surface area contributed by atoms with Gasteiger partial charge in [0.25, 0.3) is 0 Å². The molecule has 3 aromatic rings. The summed E-state index contributed by atoms with van der Waals surface area (Å²) < 4.78 is 0.981. The summed E-state index contributed by atoms with van der Waals surface area (Å²) >= 11 is 8.53. The fraction of sp³-hybridized carbons (Fsp3) is 0.0625. The van der Waals surface area contributed by atoms with Gasteiger partial charge in [0.05, 0.1) is 5.52 Å². The van der Waals surface area contributed by atoms with Crippen molar-refractivity contribution in [2.24, 2.45) is 10.2 Å². The van der Waals surface area contributed by atoms with E-state index in [1.54, 1.807) is 0 Å². The molecule has 0 radical (unpaired) electrons. The molecule has 116 valence electrons. The molecule has 0 saturated carbocycles. The molecule has 3 rings (SSSR count). The van der Waals surface area contributed by atoms with Crippen molar-refractivity contribution >= 4 is 55.5 Å². The first-order valence-electron chi connectivity index (χ1n) is 6.82. The summed E-state index contributed by atoms with van der Waals surface area (Å²) in [6.07, 6.45) is 0. The molecule has 23 heavy (non-hydrogen) atoms. The zero-order valence-electron chi connectivity index (χ0n) is 12.2. The number of nitrogens with one attached hydrogen (secondary N) is 2. The smallest absolute Gasteiger partial charge is 0.218 e. The third kappa shape index (κ3) is 3.57.